The molecule has 2 aromatic heterocycles. The van der Waals surface area contributed by atoms with Crippen LogP contribution in [0.25, 0.3) is 22.3 Å². The Balaban J connectivity index is 0.00000218. The first-order valence-electron chi connectivity index (χ1n) is 9.17. The maximum Gasteiger partial charge on any atom is 1.00 e. The summed E-state index contributed by atoms with van der Waals surface area (Å²) in [5.41, 5.74) is 0.770. The summed E-state index contributed by atoms with van der Waals surface area (Å²) in [5, 5.41) is 20.9. The average molecular weight is 415 g/mol. The molecular weight excluding hydrogens is 399 g/mol. The third-order valence-corrected chi connectivity index (χ3v) is 5.76. The van der Waals surface area contributed by atoms with Gasteiger partial charge in [0.25, 0.3) is 5.56 Å². The van der Waals surface area contributed by atoms with Gasteiger partial charge in [0.1, 0.15) is 6.61 Å². The minimum Gasteiger partial charge on any atom is -0.478 e. The van der Waals surface area contributed by atoms with Gasteiger partial charge in [-0.15, -0.1) is 0 Å². The Morgan fingerprint density at radius 1 is 1.27 bits per heavy atom. The van der Waals surface area contributed by atoms with E-state index in [0.29, 0.717) is 23.4 Å². The number of ether oxygens (including phenoxy) is 1. The first-order chi connectivity index (χ1) is 13.8. The Morgan fingerprint density at radius 2 is 2.03 bits per heavy atom. The third kappa shape index (κ3) is 2.75. The first kappa shape index (κ1) is 20.7. The van der Waals surface area contributed by atoms with E-state index in [2.05, 4.69) is 4.98 Å². The van der Waals surface area contributed by atoms with Gasteiger partial charge in [0.15, 0.2) is 5.60 Å². The molecule has 0 bridgehead atoms. The number of rotatable bonds is 2. The maximum atomic E-state index is 13.1. The van der Waals surface area contributed by atoms with E-state index in [9.17, 15) is 24.6 Å². The van der Waals surface area contributed by atoms with Crippen LogP contribution in [0.15, 0.2) is 35.1 Å². The normalized spacial score (nSPS) is 18.8. The van der Waals surface area contributed by atoms with Crippen molar-refractivity contribution in [2.45, 2.75) is 32.1 Å². The number of pyridine rings is 2. The largest absolute Gasteiger partial charge is 1.00 e. The van der Waals surface area contributed by atoms with Gasteiger partial charge in [-0.1, -0.05) is 13.0 Å². The predicted octanol–water partition coefficient (Wildman–Crippen LogP) is -1.22. The summed E-state index contributed by atoms with van der Waals surface area (Å²) in [5.74, 6) is -1.82. The molecule has 9 heteroatoms. The number of cyclic esters (lactones) is 1. The molecule has 8 nitrogen and oxygen atoms in total. The summed E-state index contributed by atoms with van der Waals surface area (Å²) in [6.07, 6.45) is 0.0711. The molecular formula is C21H16N2NaO6+. The molecule has 0 fully saturated rings. The molecule has 0 amide bonds. The van der Waals surface area contributed by atoms with E-state index in [1.54, 1.807) is 23.6 Å². The van der Waals surface area contributed by atoms with Crippen molar-refractivity contribution < 1.29 is 54.1 Å². The molecule has 0 spiro atoms. The zero-order chi connectivity index (χ0) is 20.5. The minimum absolute atomic E-state index is 0. The van der Waals surface area contributed by atoms with E-state index in [0.717, 1.165) is 10.9 Å². The molecule has 146 valence electrons. The van der Waals surface area contributed by atoms with Gasteiger partial charge < -0.3 is 19.5 Å². The molecule has 30 heavy (non-hydrogen) atoms. The molecule has 5 rings (SSSR count). The van der Waals surface area contributed by atoms with Crippen molar-refractivity contribution in [1.82, 2.24) is 9.55 Å². The van der Waals surface area contributed by atoms with Gasteiger partial charge in [0.2, 0.25) is 0 Å². The molecule has 0 saturated carbocycles. The monoisotopic (exact) mass is 415 g/mol. The smallest absolute Gasteiger partial charge is 0.478 e. The van der Waals surface area contributed by atoms with Crippen LogP contribution in [-0.4, -0.2) is 31.7 Å². The van der Waals surface area contributed by atoms with Crippen molar-refractivity contribution in [3.05, 3.63) is 62.9 Å². The fourth-order valence-electron chi connectivity index (χ4n) is 4.11. The number of hydrogen-bond acceptors (Lipinski definition) is 6. The second-order valence-electron chi connectivity index (χ2n) is 7.31. The number of carbonyl (C=O) groups is 2. The fourth-order valence-corrected chi connectivity index (χ4v) is 4.11. The van der Waals surface area contributed by atoms with Crippen LogP contribution in [0.3, 0.4) is 0 Å². The fraction of sp³-hybridized carbons (Fsp3) is 0.238. The van der Waals surface area contributed by atoms with Crippen molar-refractivity contribution >= 4 is 22.8 Å². The van der Waals surface area contributed by atoms with Crippen molar-refractivity contribution in [1.29, 1.82) is 0 Å². The molecule has 1 aromatic carbocycles. The molecule has 2 aliphatic heterocycles. The van der Waals surface area contributed by atoms with Gasteiger partial charge in [-0.05, 0) is 30.7 Å². The second-order valence-corrected chi connectivity index (χ2v) is 7.31. The minimum atomic E-state index is -1.88. The van der Waals surface area contributed by atoms with Crippen LogP contribution in [0, 0.1) is 0 Å². The number of fused-ring (bicyclic) bond motifs is 5. The van der Waals surface area contributed by atoms with Gasteiger partial charge in [-0.2, -0.15) is 0 Å². The number of benzene rings is 1. The summed E-state index contributed by atoms with van der Waals surface area (Å²) in [4.78, 5) is 41.1. The zero-order valence-electron chi connectivity index (χ0n) is 16.4. The van der Waals surface area contributed by atoms with Crippen molar-refractivity contribution in [2.75, 3.05) is 0 Å². The molecule has 3 aromatic rings. The molecule has 0 aliphatic carbocycles. The van der Waals surface area contributed by atoms with E-state index in [1.807, 2.05) is 6.07 Å². The SMILES string of the molecule is CCC1(O)C(=O)OCc2c1cc1n(c2=O)Cc2cc3ccc(C(=O)O)cc3nc2-1.[Na+]. The van der Waals surface area contributed by atoms with Crippen molar-refractivity contribution in [3.8, 4) is 11.4 Å². The summed E-state index contributed by atoms with van der Waals surface area (Å²) in [6.45, 7) is 1.77. The summed E-state index contributed by atoms with van der Waals surface area (Å²) in [7, 11) is 0. The van der Waals surface area contributed by atoms with E-state index >= 15 is 0 Å². The summed E-state index contributed by atoms with van der Waals surface area (Å²) < 4.78 is 6.60. The first-order valence-corrected chi connectivity index (χ1v) is 9.17. The molecule has 0 saturated heterocycles. The van der Waals surface area contributed by atoms with Gasteiger partial charge in [0, 0.05) is 16.5 Å². The number of esters is 1. The number of hydrogen-bond donors (Lipinski definition) is 2. The van der Waals surface area contributed by atoms with Crippen LogP contribution in [0.4, 0.5) is 0 Å². The Hall–Kier alpha value is -2.52. The van der Waals surface area contributed by atoms with Crippen LogP contribution in [0.2, 0.25) is 0 Å². The van der Waals surface area contributed by atoms with E-state index in [1.165, 1.54) is 12.1 Å². The van der Waals surface area contributed by atoms with Crippen LogP contribution in [-0.2, 0) is 28.3 Å². The van der Waals surface area contributed by atoms with E-state index in [4.69, 9.17) is 4.74 Å². The molecule has 2 aliphatic rings. The molecule has 4 heterocycles. The maximum absolute atomic E-state index is 13.1. The van der Waals surface area contributed by atoms with Gasteiger partial charge >= 0.3 is 41.5 Å². The Bertz CT molecular complexity index is 1320. The van der Waals surface area contributed by atoms with E-state index < -0.39 is 17.5 Å². The number of carboxylic acids is 1. The Labute approximate surface area is 192 Å². The predicted molar refractivity (Wildman–Crippen MR) is 101 cm³/mol. The number of aromatic nitrogens is 2. The molecule has 1 unspecified atom stereocenters. The number of nitrogens with zero attached hydrogens (tertiary/aromatic N) is 2. The Kier molecular flexibility index (Phi) is 4.85. The zero-order valence-corrected chi connectivity index (χ0v) is 18.4. The van der Waals surface area contributed by atoms with Crippen LogP contribution in [0.5, 0.6) is 0 Å². The standard InChI is InChI=1S/C21H16N2O6.Na/c1-2-21(28)14-7-16-17-12(8-23(16)18(24)13(14)9-29-20(21)27)5-10-3-4-11(19(25)26)6-15(10)22-17;/h3-7,28H,2,8-9H2,1H3,(H,25,26);/q;+1. The molecule has 1 atom stereocenters. The summed E-state index contributed by atoms with van der Waals surface area (Å²) in [6, 6.07) is 8.19. The number of carbonyl (C=O) groups excluding carboxylic acids is 1. The number of aromatic carboxylic acids is 1. The number of carboxylic acid groups (broad SMARTS) is 1. The molecule has 2 N–H and O–H groups in total. The van der Waals surface area contributed by atoms with Crippen LogP contribution < -0.4 is 35.1 Å². The summed E-state index contributed by atoms with van der Waals surface area (Å²) >= 11 is 0. The topological polar surface area (TPSA) is 119 Å². The third-order valence-electron chi connectivity index (χ3n) is 5.76. The van der Waals surface area contributed by atoms with Gasteiger partial charge in [0.05, 0.1) is 34.6 Å². The average Bonchev–Trinajstić information content (AvgIpc) is 3.07. The molecule has 0 radical (unpaired) electrons. The Morgan fingerprint density at radius 3 is 2.73 bits per heavy atom. The van der Waals surface area contributed by atoms with Crippen LogP contribution in [0.1, 0.15) is 40.4 Å². The van der Waals surface area contributed by atoms with Gasteiger partial charge in [-0.3, -0.25) is 4.79 Å². The van der Waals surface area contributed by atoms with Crippen LogP contribution >= 0.6 is 0 Å². The van der Waals surface area contributed by atoms with E-state index in [-0.39, 0.29) is 64.8 Å². The second kappa shape index (κ2) is 7.02. The quantitative estimate of drug-likeness (QED) is 0.311. The number of aliphatic hydroxyl groups is 1. The van der Waals surface area contributed by atoms with Crippen molar-refractivity contribution in [3.63, 3.8) is 0 Å². The van der Waals surface area contributed by atoms with Crippen molar-refractivity contribution in [2.24, 2.45) is 0 Å². The van der Waals surface area contributed by atoms with Gasteiger partial charge in [-0.25, -0.2) is 14.6 Å².